The van der Waals surface area contributed by atoms with Crippen molar-refractivity contribution in [3.63, 3.8) is 0 Å². The molecule has 5 rings (SSSR count). The molecular weight excluding hydrogens is 310 g/mol. The summed E-state index contributed by atoms with van der Waals surface area (Å²) in [6.45, 7) is 2.01. The molecule has 0 radical (unpaired) electrons. The molecule has 3 N–H and O–H groups in total. The fourth-order valence-corrected chi connectivity index (χ4v) is 5.54. The Morgan fingerprint density at radius 2 is 1.62 bits per heavy atom. The molecule has 1 heterocycles. The lowest BCUT2D eigenvalue weighted by Crippen LogP contribution is -2.58. The fraction of sp³-hybridized carbons (Fsp3) is 0.882. The zero-order chi connectivity index (χ0) is 16.6. The quantitative estimate of drug-likeness (QED) is 0.669. The van der Waals surface area contributed by atoms with Gasteiger partial charge in [0.05, 0.1) is 31.3 Å². The number of hydrogen-bond acceptors (Lipinski definition) is 4. The van der Waals surface area contributed by atoms with Crippen LogP contribution in [0, 0.1) is 23.2 Å². The van der Waals surface area contributed by atoms with Crippen molar-refractivity contribution in [3.8, 4) is 0 Å². The number of rotatable bonds is 3. The summed E-state index contributed by atoms with van der Waals surface area (Å²) >= 11 is 0. The molecule has 4 saturated carbocycles. The SMILES string of the molecule is O=C(NC[C@@H]1COCCO1)NNC(=O)C12CC3CC(CC(C3)C1)C2. The lowest BCUT2D eigenvalue weighted by atomic mass is 9.49. The van der Waals surface area contributed by atoms with Gasteiger partial charge in [0, 0.05) is 6.54 Å². The number of amides is 3. The second-order valence-corrected chi connectivity index (χ2v) is 8.05. The van der Waals surface area contributed by atoms with Gasteiger partial charge in [0.1, 0.15) is 0 Å². The number of carbonyl (C=O) groups is 2. The van der Waals surface area contributed by atoms with E-state index in [1.807, 2.05) is 0 Å². The second-order valence-electron chi connectivity index (χ2n) is 8.05. The van der Waals surface area contributed by atoms with Gasteiger partial charge in [-0.3, -0.25) is 10.2 Å². The maximum Gasteiger partial charge on any atom is 0.333 e. The summed E-state index contributed by atoms with van der Waals surface area (Å²) in [4.78, 5) is 24.6. The zero-order valence-corrected chi connectivity index (χ0v) is 14.0. The third kappa shape index (κ3) is 3.24. The summed E-state index contributed by atoms with van der Waals surface area (Å²) in [5, 5.41) is 2.71. The summed E-state index contributed by atoms with van der Waals surface area (Å²) in [5.74, 6) is 2.12. The highest BCUT2D eigenvalue weighted by Crippen LogP contribution is 2.59. The van der Waals surface area contributed by atoms with E-state index in [0.29, 0.717) is 44.1 Å². The molecular formula is C17H27N3O4. The van der Waals surface area contributed by atoms with Gasteiger partial charge in [-0.1, -0.05) is 0 Å². The molecule has 0 aromatic heterocycles. The molecule has 0 spiro atoms. The molecule has 0 aromatic carbocycles. The average molecular weight is 337 g/mol. The van der Waals surface area contributed by atoms with Crippen LogP contribution in [0.4, 0.5) is 4.79 Å². The van der Waals surface area contributed by atoms with Crippen LogP contribution in [-0.4, -0.2) is 44.4 Å². The first-order valence-corrected chi connectivity index (χ1v) is 9.16. The van der Waals surface area contributed by atoms with Crippen molar-refractivity contribution in [3.05, 3.63) is 0 Å². The van der Waals surface area contributed by atoms with Gasteiger partial charge in [-0.05, 0) is 56.3 Å². The monoisotopic (exact) mass is 337 g/mol. The van der Waals surface area contributed by atoms with E-state index >= 15 is 0 Å². The molecule has 24 heavy (non-hydrogen) atoms. The minimum Gasteiger partial charge on any atom is -0.376 e. The summed E-state index contributed by atoms with van der Waals surface area (Å²) in [6, 6.07) is -0.401. The highest BCUT2D eigenvalue weighted by molar-refractivity contribution is 5.85. The zero-order valence-electron chi connectivity index (χ0n) is 14.0. The maximum absolute atomic E-state index is 12.7. The number of ether oxygens (including phenoxy) is 2. The predicted molar refractivity (Wildman–Crippen MR) is 85.8 cm³/mol. The van der Waals surface area contributed by atoms with Crippen molar-refractivity contribution < 1.29 is 19.1 Å². The van der Waals surface area contributed by atoms with Crippen LogP contribution < -0.4 is 16.2 Å². The largest absolute Gasteiger partial charge is 0.376 e. The van der Waals surface area contributed by atoms with E-state index in [4.69, 9.17) is 9.47 Å². The normalized spacial score (nSPS) is 40.2. The van der Waals surface area contributed by atoms with Crippen LogP contribution in [0.1, 0.15) is 38.5 Å². The Morgan fingerprint density at radius 3 is 2.21 bits per heavy atom. The maximum atomic E-state index is 12.7. The Balaban J connectivity index is 1.24. The van der Waals surface area contributed by atoms with Crippen LogP contribution in [0.25, 0.3) is 0 Å². The molecule has 1 aliphatic heterocycles. The Kier molecular flexibility index (Phi) is 4.39. The summed E-state index contributed by atoms with van der Waals surface area (Å²) < 4.78 is 10.7. The first-order valence-electron chi connectivity index (χ1n) is 9.16. The van der Waals surface area contributed by atoms with E-state index in [2.05, 4.69) is 16.2 Å². The van der Waals surface area contributed by atoms with Crippen molar-refractivity contribution in [2.24, 2.45) is 23.2 Å². The van der Waals surface area contributed by atoms with E-state index in [9.17, 15) is 9.59 Å². The molecule has 7 nitrogen and oxygen atoms in total. The Bertz CT molecular complexity index is 469. The van der Waals surface area contributed by atoms with E-state index in [1.54, 1.807) is 0 Å². The molecule has 5 fully saturated rings. The first kappa shape index (κ1) is 16.1. The molecule has 0 unspecified atom stereocenters. The highest BCUT2D eigenvalue weighted by Gasteiger charge is 2.54. The van der Waals surface area contributed by atoms with Crippen molar-refractivity contribution in [1.82, 2.24) is 16.2 Å². The van der Waals surface area contributed by atoms with Crippen molar-refractivity contribution in [1.29, 1.82) is 0 Å². The van der Waals surface area contributed by atoms with Crippen molar-refractivity contribution in [2.75, 3.05) is 26.4 Å². The molecule has 1 saturated heterocycles. The third-order valence-electron chi connectivity index (χ3n) is 6.18. The van der Waals surface area contributed by atoms with Gasteiger partial charge in [-0.2, -0.15) is 0 Å². The van der Waals surface area contributed by atoms with Crippen LogP contribution in [-0.2, 0) is 14.3 Å². The van der Waals surface area contributed by atoms with Crippen molar-refractivity contribution in [2.45, 2.75) is 44.6 Å². The molecule has 1 atom stereocenters. The lowest BCUT2D eigenvalue weighted by molar-refractivity contribution is -0.147. The minimum absolute atomic E-state index is 0.00556. The molecule has 4 bridgehead atoms. The van der Waals surface area contributed by atoms with Gasteiger partial charge < -0.3 is 14.8 Å². The van der Waals surface area contributed by atoms with E-state index in [1.165, 1.54) is 19.3 Å². The minimum atomic E-state index is -0.401. The highest BCUT2D eigenvalue weighted by atomic mass is 16.6. The number of carbonyl (C=O) groups excluding carboxylic acids is 2. The van der Waals surface area contributed by atoms with E-state index in [-0.39, 0.29) is 17.4 Å². The summed E-state index contributed by atoms with van der Waals surface area (Å²) in [7, 11) is 0. The van der Waals surface area contributed by atoms with Crippen LogP contribution in [0.5, 0.6) is 0 Å². The summed E-state index contributed by atoms with van der Waals surface area (Å²) in [6.07, 6.45) is 6.73. The van der Waals surface area contributed by atoms with Gasteiger partial charge in [0.2, 0.25) is 5.91 Å². The number of urea groups is 1. The third-order valence-corrected chi connectivity index (χ3v) is 6.18. The summed E-state index contributed by atoms with van der Waals surface area (Å²) in [5.41, 5.74) is 4.91. The van der Waals surface area contributed by atoms with E-state index < -0.39 is 6.03 Å². The van der Waals surface area contributed by atoms with Gasteiger partial charge >= 0.3 is 6.03 Å². The molecule has 5 aliphatic rings. The van der Waals surface area contributed by atoms with Gasteiger partial charge in [0.15, 0.2) is 0 Å². The van der Waals surface area contributed by atoms with Gasteiger partial charge in [0.25, 0.3) is 0 Å². The Hall–Kier alpha value is -1.34. The second kappa shape index (κ2) is 6.52. The molecule has 0 aromatic rings. The number of hydrazine groups is 1. The van der Waals surface area contributed by atoms with Crippen LogP contribution in [0.2, 0.25) is 0 Å². The molecule has 134 valence electrons. The first-order chi connectivity index (χ1) is 11.6. The average Bonchev–Trinajstić information content (AvgIpc) is 2.57. The van der Waals surface area contributed by atoms with Crippen LogP contribution in [0.15, 0.2) is 0 Å². The Labute approximate surface area is 142 Å². The fourth-order valence-electron chi connectivity index (χ4n) is 5.54. The molecule has 3 amide bonds. The standard InChI is InChI=1S/C17H27N3O4/c21-15(17-6-11-3-12(7-17)5-13(4-11)8-17)19-20-16(22)18-9-14-10-23-1-2-24-14/h11-14H,1-10H2,(H,19,21)(H2,18,20,22)/t11?,12?,13?,14-,17?/m1/s1. The topological polar surface area (TPSA) is 88.7 Å². The Morgan fingerprint density at radius 1 is 0.958 bits per heavy atom. The van der Waals surface area contributed by atoms with Crippen molar-refractivity contribution >= 4 is 11.9 Å². The number of hydrogen-bond donors (Lipinski definition) is 3. The van der Waals surface area contributed by atoms with Gasteiger partial charge in [-0.25, -0.2) is 10.2 Å². The predicted octanol–water partition coefficient (Wildman–Crippen LogP) is 0.949. The van der Waals surface area contributed by atoms with Crippen LogP contribution >= 0.6 is 0 Å². The molecule has 7 heteroatoms. The lowest BCUT2D eigenvalue weighted by Gasteiger charge is -2.55. The number of nitrogens with one attached hydrogen (secondary N) is 3. The van der Waals surface area contributed by atoms with Gasteiger partial charge in [-0.15, -0.1) is 0 Å². The van der Waals surface area contributed by atoms with E-state index in [0.717, 1.165) is 19.3 Å². The van der Waals surface area contributed by atoms with Crippen LogP contribution in [0.3, 0.4) is 0 Å². The molecule has 4 aliphatic carbocycles. The smallest absolute Gasteiger partial charge is 0.333 e.